The summed E-state index contributed by atoms with van der Waals surface area (Å²) in [6, 6.07) is 3.53. The number of hydrogen-bond donors (Lipinski definition) is 1. The topological polar surface area (TPSA) is 50.8 Å². The zero-order chi connectivity index (χ0) is 14.5. The fourth-order valence-corrected chi connectivity index (χ4v) is 2.73. The molecule has 1 saturated heterocycles. The lowest BCUT2D eigenvalue weighted by atomic mass is 10.1. The number of methoxy groups -OCH3 is 1. The number of piperazine rings is 1. The first-order chi connectivity index (χ1) is 9.67. The lowest BCUT2D eigenvalue weighted by Gasteiger charge is -2.27. The van der Waals surface area contributed by atoms with Crippen LogP contribution in [0.4, 0.5) is 0 Å². The molecule has 1 aliphatic rings. The van der Waals surface area contributed by atoms with Gasteiger partial charge in [-0.1, -0.05) is 0 Å². The maximum Gasteiger partial charge on any atom is 0.254 e. The highest BCUT2D eigenvalue weighted by Gasteiger charge is 2.21. The van der Waals surface area contributed by atoms with Gasteiger partial charge in [-0.3, -0.25) is 4.79 Å². The molecule has 1 heterocycles. The van der Waals surface area contributed by atoms with Crippen molar-refractivity contribution in [3.05, 3.63) is 22.2 Å². The molecule has 1 fully saturated rings. The third-order valence-corrected chi connectivity index (χ3v) is 3.76. The monoisotopic (exact) mass is 378 g/mol. The molecule has 118 valence electrons. The largest absolute Gasteiger partial charge is 0.493 e. The summed E-state index contributed by atoms with van der Waals surface area (Å²) in [6.07, 6.45) is 0. The highest BCUT2D eigenvalue weighted by atomic mass is 79.9. The fourth-order valence-electron chi connectivity index (χ4n) is 2.18. The molecule has 7 heteroatoms. The predicted octanol–water partition coefficient (Wildman–Crippen LogP) is 2.32. The summed E-state index contributed by atoms with van der Waals surface area (Å²) >= 11 is 3.44. The summed E-state index contributed by atoms with van der Waals surface area (Å²) in [7, 11) is 1.57. The van der Waals surface area contributed by atoms with Crippen LogP contribution in [0.3, 0.4) is 0 Å². The van der Waals surface area contributed by atoms with E-state index in [1.54, 1.807) is 19.2 Å². The van der Waals surface area contributed by atoms with E-state index in [9.17, 15) is 4.79 Å². The van der Waals surface area contributed by atoms with Crippen molar-refractivity contribution in [2.24, 2.45) is 0 Å². The molecule has 0 saturated carbocycles. The zero-order valence-electron chi connectivity index (χ0n) is 12.1. The predicted molar refractivity (Wildman–Crippen MR) is 87.9 cm³/mol. The number of hydrogen-bond acceptors (Lipinski definition) is 4. The van der Waals surface area contributed by atoms with Gasteiger partial charge in [-0.05, 0) is 35.0 Å². The van der Waals surface area contributed by atoms with Crippen LogP contribution < -0.4 is 14.8 Å². The van der Waals surface area contributed by atoms with E-state index in [1.165, 1.54) is 0 Å². The van der Waals surface area contributed by atoms with Crippen LogP contribution >= 0.6 is 28.3 Å². The number of benzene rings is 1. The Morgan fingerprint density at radius 3 is 2.62 bits per heavy atom. The second-order valence-electron chi connectivity index (χ2n) is 4.46. The standard InChI is InChI=1S/C14H19BrN2O3.ClH/c1-3-20-13-11(15)8-10(9-12(13)19-2)14(18)17-6-4-16-5-7-17;/h8-9,16H,3-7H2,1-2H3;1H. The Bertz CT molecular complexity index is 493. The Hall–Kier alpha value is -0.980. The Morgan fingerprint density at radius 1 is 1.38 bits per heavy atom. The third-order valence-electron chi connectivity index (χ3n) is 3.17. The molecule has 1 N–H and O–H groups in total. The van der Waals surface area contributed by atoms with Crippen LogP contribution in [0.2, 0.25) is 0 Å². The SMILES string of the molecule is CCOc1c(Br)cc(C(=O)N2CCNCC2)cc1OC.Cl. The minimum absolute atomic E-state index is 0. The van der Waals surface area contributed by atoms with Gasteiger partial charge in [0.15, 0.2) is 11.5 Å². The van der Waals surface area contributed by atoms with Crippen molar-refractivity contribution in [1.82, 2.24) is 10.2 Å². The van der Waals surface area contributed by atoms with E-state index in [0.29, 0.717) is 23.7 Å². The van der Waals surface area contributed by atoms with Crippen LogP contribution in [-0.4, -0.2) is 50.7 Å². The van der Waals surface area contributed by atoms with Crippen LogP contribution in [0.25, 0.3) is 0 Å². The molecule has 0 radical (unpaired) electrons. The van der Waals surface area contributed by atoms with E-state index in [4.69, 9.17) is 9.47 Å². The van der Waals surface area contributed by atoms with Crippen LogP contribution in [-0.2, 0) is 0 Å². The number of ether oxygens (including phenoxy) is 2. The maximum absolute atomic E-state index is 12.5. The molecule has 1 aromatic rings. The molecule has 0 spiro atoms. The van der Waals surface area contributed by atoms with Crippen molar-refractivity contribution < 1.29 is 14.3 Å². The molecule has 1 amide bonds. The van der Waals surface area contributed by atoms with Gasteiger partial charge in [0.05, 0.1) is 18.2 Å². The number of carbonyl (C=O) groups excluding carboxylic acids is 1. The molecule has 0 atom stereocenters. The highest BCUT2D eigenvalue weighted by molar-refractivity contribution is 9.10. The van der Waals surface area contributed by atoms with E-state index >= 15 is 0 Å². The molecule has 1 aliphatic heterocycles. The highest BCUT2D eigenvalue weighted by Crippen LogP contribution is 2.36. The van der Waals surface area contributed by atoms with E-state index in [0.717, 1.165) is 30.7 Å². The fraction of sp³-hybridized carbons (Fsp3) is 0.500. The summed E-state index contributed by atoms with van der Waals surface area (Å²) < 4.78 is 11.6. The third kappa shape index (κ3) is 4.25. The number of rotatable bonds is 4. The molecule has 21 heavy (non-hydrogen) atoms. The number of nitrogens with zero attached hydrogens (tertiary/aromatic N) is 1. The molecule has 0 unspecified atom stereocenters. The zero-order valence-corrected chi connectivity index (χ0v) is 14.6. The van der Waals surface area contributed by atoms with E-state index in [2.05, 4.69) is 21.2 Å². The average Bonchev–Trinajstić information content (AvgIpc) is 2.49. The number of halogens is 2. The Kier molecular flexibility index (Phi) is 7.28. The van der Waals surface area contributed by atoms with Gasteiger partial charge in [-0.2, -0.15) is 0 Å². The average molecular weight is 380 g/mol. The first-order valence-corrected chi connectivity index (χ1v) is 7.47. The first-order valence-electron chi connectivity index (χ1n) is 6.67. The summed E-state index contributed by atoms with van der Waals surface area (Å²) in [5.74, 6) is 1.22. The van der Waals surface area contributed by atoms with Gasteiger partial charge < -0.3 is 19.7 Å². The summed E-state index contributed by atoms with van der Waals surface area (Å²) in [4.78, 5) is 14.3. The van der Waals surface area contributed by atoms with Crippen molar-refractivity contribution in [1.29, 1.82) is 0 Å². The molecule has 0 bridgehead atoms. The first kappa shape index (κ1) is 18.1. The summed E-state index contributed by atoms with van der Waals surface area (Å²) in [5.41, 5.74) is 0.610. The quantitative estimate of drug-likeness (QED) is 0.872. The van der Waals surface area contributed by atoms with Gasteiger partial charge >= 0.3 is 0 Å². The summed E-state index contributed by atoms with van der Waals surface area (Å²) in [5, 5.41) is 3.23. The van der Waals surface area contributed by atoms with E-state index < -0.39 is 0 Å². The minimum atomic E-state index is 0. The van der Waals surface area contributed by atoms with Gasteiger partial charge in [0.2, 0.25) is 0 Å². The van der Waals surface area contributed by atoms with Gasteiger partial charge in [0, 0.05) is 31.7 Å². The number of amides is 1. The molecule has 2 rings (SSSR count). The maximum atomic E-state index is 12.5. The van der Waals surface area contributed by atoms with Crippen molar-refractivity contribution in [2.45, 2.75) is 6.92 Å². The number of nitrogens with one attached hydrogen (secondary N) is 1. The molecular formula is C14H20BrClN2O3. The van der Waals surface area contributed by atoms with Crippen molar-refractivity contribution >= 4 is 34.2 Å². The molecular weight excluding hydrogens is 360 g/mol. The molecule has 0 aliphatic carbocycles. The second-order valence-corrected chi connectivity index (χ2v) is 5.32. The molecule has 1 aromatic carbocycles. The lowest BCUT2D eigenvalue weighted by Crippen LogP contribution is -2.46. The molecule has 5 nitrogen and oxygen atoms in total. The van der Waals surface area contributed by atoms with Crippen LogP contribution in [0.15, 0.2) is 16.6 Å². The Labute approximate surface area is 139 Å². The smallest absolute Gasteiger partial charge is 0.254 e. The minimum Gasteiger partial charge on any atom is -0.493 e. The normalized spacial score (nSPS) is 14.3. The van der Waals surface area contributed by atoms with Gasteiger partial charge in [0.1, 0.15) is 0 Å². The van der Waals surface area contributed by atoms with Crippen LogP contribution in [0.1, 0.15) is 17.3 Å². The van der Waals surface area contributed by atoms with Crippen molar-refractivity contribution in [3.63, 3.8) is 0 Å². The van der Waals surface area contributed by atoms with Crippen molar-refractivity contribution in [2.75, 3.05) is 39.9 Å². The Balaban J connectivity index is 0.00000220. The number of carbonyl (C=O) groups is 1. The van der Waals surface area contributed by atoms with Crippen LogP contribution in [0.5, 0.6) is 11.5 Å². The lowest BCUT2D eigenvalue weighted by molar-refractivity contribution is 0.0735. The van der Waals surface area contributed by atoms with Gasteiger partial charge in [-0.15, -0.1) is 12.4 Å². The van der Waals surface area contributed by atoms with Gasteiger partial charge in [0.25, 0.3) is 5.91 Å². The van der Waals surface area contributed by atoms with E-state index in [1.807, 2.05) is 11.8 Å². The van der Waals surface area contributed by atoms with Gasteiger partial charge in [-0.25, -0.2) is 0 Å². The second kappa shape index (κ2) is 8.46. The molecule has 0 aromatic heterocycles. The summed E-state index contributed by atoms with van der Waals surface area (Å²) in [6.45, 7) is 5.58. The van der Waals surface area contributed by atoms with E-state index in [-0.39, 0.29) is 18.3 Å². The Morgan fingerprint density at radius 2 is 2.05 bits per heavy atom. The van der Waals surface area contributed by atoms with Crippen molar-refractivity contribution in [3.8, 4) is 11.5 Å². The van der Waals surface area contributed by atoms with Crippen LogP contribution in [0, 0.1) is 0 Å².